The lowest BCUT2D eigenvalue weighted by Crippen LogP contribution is -2.24. The van der Waals surface area contributed by atoms with Gasteiger partial charge in [0.15, 0.2) is 6.61 Å². The Balaban J connectivity index is 1.86. The first-order valence-electron chi connectivity index (χ1n) is 7.07. The lowest BCUT2D eigenvalue weighted by molar-refractivity contribution is -0.123. The van der Waals surface area contributed by atoms with E-state index in [0.717, 1.165) is 5.56 Å². The van der Waals surface area contributed by atoms with E-state index in [-0.39, 0.29) is 12.4 Å². The van der Waals surface area contributed by atoms with Crippen molar-refractivity contribution in [1.82, 2.24) is 5.43 Å². The van der Waals surface area contributed by atoms with Crippen molar-refractivity contribution in [2.75, 3.05) is 13.7 Å². The molecule has 0 unspecified atom stereocenters. The molecule has 24 heavy (non-hydrogen) atoms. The molecule has 6 nitrogen and oxygen atoms in total. The summed E-state index contributed by atoms with van der Waals surface area (Å²) in [6.45, 7) is 1.68. The number of hydrazone groups is 1. The molecule has 0 aliphatic rings. The summed E-state index contributed by atoms with van der Waals surface area (Å²) in [4.78, 5) is 11.7. The Bertz CT molecular complexity index is 762. The van der Waals surface area contributed by atoms with Crippen molar-refractivity contribution in [2.24, 2.45) is 5.10 Å². The van der Waals surface area contributed by atoms with E-state index in [2.05, 4.69) is 26.5 Å². The van der Waals surface area contributed by atoms with Gasteiger partial charge in [0, 0.05) is 5.56 Å². The van der Waals surface area contributed by atoms with Gasteiger partial charge in [-0.15, -0.1) is 0 Å². The zero-order chi connectivity index (χ0) is 17.5. The van der Waals surface area contributed by atoms with Gasteiger partial charge in [-0.25, -0.2) is 5.43 Å². The van der Waals surface area contributed by atoms with Crippen LogP contribution < -0.4 is 14.9 Å². The summed E-state index contributed by atoms with van der Waals surface area (Å²) in [5.74, 6) is 0.888. The number of phenols is 1. The van der Waals surface area contributed by atoms with Crippen LogP contribution in [0.15, 0.2) is 46.0 Å². The maximum Gasteiger partial charge on any atom is 0.277 e. The van der Waals surface area contributed by atoms with Gasteiger partial charge >= 0.3 is 0 Å². The van der Waals surface area contributed by atoms with Crippen molar-refractivity contribution in [3.05, 3.63) is 52.0 Å². The zero-order valence-electron chi connectivity index (χ0n) is 13.2. The molecular formula is C17H17BrN2O4. The van der Waals surface area contributed by atoms with Crippen LogP contribution in [-0.4, -0.2) is 30.9 Å². The van der Waals surface area contributed by atoms with E-state index in [4.69, 9.17) is 9.47 Å². The summed E-state index contributed by atoms with van der Waals surface area (Å²) >= 11 is 3.34. The molecule has 126 valence electrons. The molecule has 2 aromatic carbocycles. The fraction of sp³-hybridized carbons (Fsp3) is 0.176. The topological polar surface area (TPSA) is 80.2 Å². The molecule has 0 bridgehead atoms. The van der Waals surface area contributed by atoms with E-state index < -0.39 is 5.91 Å². The average molecular weight is 393 g/mol. The Kier molecular flexibility index (Phi) is 6.20. The van der Waals surface area contributed by atoms with E-state index in [1.165, 1.54) is 6.21 Å². The molecule has 0 saturated carbocycles. The number of nitrogens with one attached hydrogen (secondary N) is 1. The second-order valence-corrected chi connectivity index (χ2v) is 5.79. The summed E-state index contributed by atoms with van der Waals surface area (Å²) in [7, 11) is 1.57. The van der Waals surface area contributed by atoms with Gasteiger partial charge in [-0.05, 0) is 58.7 Å². The number of ether oxygens (including phenoxy) is 2. The fourth-order valence-corrected chi connectivity index (χ4v) is 2.31. The highest BCUT2D eigenvalue weighted by atomic mass is 79.9. The Hall–Kier alpha value is -2.54. The summed E-state index contributed by atoms with van der Waals surface area (Å²) in [5, 5.41) is 13.5. The fourth-order valence-electron chi connectivity index (χ4n) is 1.84. The molecule has 2 aromatic rings. The third-order valence-electron chi connectivity index (χ3n) is 3.08. The molecule has 7 heteroatoms. The summed E-state index contributed by atoms with van der Waals surface area (Å²) in [5.41, 5.74) is 3.79. The molecule has 0 atom stereocenters. The van der Waals surface area contributed by atoms with Crippen molar-refractivity contribution in [1.29, 1.82) is 0 Å². The molecule has 1 amide bonds. The predicted octanol–water partition coefficient (Wildman–Crippen LogP) is 3.00. The van der Waals surface area contributed by atoms with Gasteiger partial charge in [0.1, 0.15) is 17.2 Å². The van der Waals surface area contributed by atoms with Crippen LogP contribution in [0.3, 0.4) is 0 Å². The van der Waals surface area contributed by atoms with E-state index in [1.54, 1.807) is 37.4 Å². The largest absolute Gasteiger partial charge is 0.507 e. The molecular weight excluding hydrogens is 376 g/mol. The maximum atomic E-state index is 11.7. The van der Waals surface area contributed by atoms with E-state index >= 15 is 0 Å². The lowest BCUT2D eigenvalue weighted by Gasteiger charge is -2.08. The zero-order valence-corrected chi connectivity index (χ0v) is 14.8. The molecule has 0 fully saturated rings. The molecule has 0 radical (unpaired) electrons. The van der Waals surface area contributed by atoms with Crippen molar-refractivity contribution >= 4 is 28.1 Å². The SMILES string of the molecule is COc1ccc(OCC(=O)N/N=C\c2ccc(C)cc2O)c(Br)c1. The lowest BCUT2D eigenvalue weighted by atomic mass is 10.1. The number of benzene rings is 2. The molecule has 2 rings (SSSR count). The van der Waals surface area contributed by atoms with Crippen molar-refractivity contribution in [2.45, 2.75) is 6.92 Å². The first-order valence-corrected chi connectivity index (χ1v) is 7.86. The Morgan fingerprint density at radius 1 is 1.33 bits per heavy atom. The van der Waals surface area contributed by atoms with Gasteiger partial charge in [-0.3, -0.25) is 4.79 Å². The molecule has 0 aromatic heterocycles. The van der Waals surface area contributed by atoms with Gasteiger partial charge in [-0.1, -0.05) is 6.07 Å². The van der Waals surface area contributed by atoms with Gasteiger partial charge in [-0.2, -0.15) is 5.10 Å². The van der Waals surface area contributed by atoms with Crippen molar-refractivity contribution in [3.8, 4) is 17.2 Å². The molecule has 0 spiro atoms. The monoisotopic (exact) mass is 392 g/mol. The number of halogens is 1. The van der Waals surface area contributed by atoms with Crippen LogP contribution in [0.1, 0.15) is 11.1 Å². The standard InChI is InChI=1S/C17H17BrN2O4/c1-11-3-4-12(15(21)7-11)9-19-20-17(22)10-24-16-6-5-13(23-2)8-14(16)18/h3-9,21H,10H2,1-2H3,(H,20,22)/b19-9-. The molecule has 0 aliphatic heterocycles. The van der Waals surface area contributed by atoms with Crippen LogP contribution >= 0.6 is 15.9 Å². The van der Waals surface area contributed by atoms with Gasteiger partial charge in [0.05, 0.1) is 17.8 Å². The predicted molar refractivity (Wildman–Crippen MR) is 94.8 cm³/mol. The van der Waals surface area contributed by atoms with E-state index in [9.17, 15) is 9.90 Å². The highest BCUT2D eigenvalue weighted by molar-refractivity contribution is 9.10. The highest BCUT2D eigenvalue weighted by Crippen LogP contribution is 2.28. The molecule has 0 heterocycles. The van der Waals surface area contributed by atoms with Gasteiger partial charge < -0.3 is 14.6 Å². The smallest absolute Gasteiger partial charge is 0.277 e. The normalized spacial score (nSPS) is 10.6. The minimum absolute atomic E-state index is 0.103. The summed E-state index contributed by atoms with van der Waals surface area (Å²) in [6, 6.07) is 10.3. The van der Waals surface area contributed by atoms with Crippen LogP contribution in [0.25, 0.3) is 0 Å². The number of carbonyl (C=O) groups excluding carboxylic acids is 1. The quantitative estimate of drug-likeness (QED) is 0.584. The number of nitrogens with zero attached hydrogens (tertiary/aromatic N) is 1. The van der Waals surface area contributed by atoms with E-state index in [1.807, 2.05) is 13.0 Å². The molecule has 0 aliphatic carbocycles. The average Bonchev–Trinajstić information content (AvgIpc) is 2.55. The van der Waals surface area contributed by atoms with Gasteiger partial charge in [0.2, 0.25) is 0 Å². The van der Waals surface area contributed by atoms with E-state index in [0.29, 0.717) is 21.5 Å². The number of hydrogen-bond acceptors (Lipinski definition) is 5. The Morgan fingerprint density at radius 3 is 2.79 bits per heavy atom. The number of hydrogen-bond donors (Lipinski definition) is 2. The summed E-state index contributed by atoms with van der Waals surface area (Å²) in [6.07, 6.45) is 1.37. The number of methoxy groups -OCH3 is 1. The minimum atomic E-state index is -0.416. The van der Waals surface area contributed by atoms with Crippen LogP contribution in [0.5, 0.6) is 17.2 Å². The number of phenolic OH excluding ortho intramolecular Hbond substituents is 1. The summed E-state index contributed by atoms with van der Waals surface area (Å²) < 4.78 is 11.2. The number of amides is 1. The third-order valence-corrected chi connectivity index (χ3v) is 3.70. The van der Waals surface area contributed by atoms with Crippen LogP contribution in [-0.2, 0) is 4.79 Å². The Labute approximate surface area is 148 Å². The van der Waals surface area contributed by atoms with Crippen LogP contribution in [0.2, 0.25) is 0 Å². The number of aryl methyl sites for hydroxylation is 1. The Morgan fingerprint density at radius 2 is 2.12 bits per heavy atom. The third kappa shape index (κ3) is 4.99. The second-order valence-electron chi connectivity index (χ2n) is 4.94. The number of aromatic hydroxyl groups is 1. The van der Waals surface area contributed by atoms with Crippen LogP contribution in [0, 0.1) is 6.92 Å². The first kappa shape index (κ1) is 17.8. The first-order chi connectivity index (χ1) is 11.5. The minimum Gasteiger partial charge on any atom is -0.507 e. The maximum absolute atomic E-state index is 11.7. The molecule has 2 N–H and O–H groups in total. The van der Waals surface area contributed by atoms with Crippen LogP contribution in [0.4, 0.5) is 0 Å². The molecule has 0 saturated heterocycles. The van der Waals surface area contributed by atoms with Crippen molar-refractivity contribution in [3.63, 3.8) is 0 Å². The number of carbonyl (C=O) groups is 1. The second kappa shape index (κ2) is 8.35. The number of rotatable bonds is 6. The van der Waals surface area contributed by atoms with Crippen molar-refractivity contribution < 1.29 is 19.4 Å². The highest BCUT2D eigenvalue weighted by Gasteiger charge is 2.06. The van der Waals surface area contributed by atoms with Gasteiger partial charge in [0.25, 0.3) is 5.91 Å².